The average Bonchev–Trinajstić information content (AvgIpc) is 3.65. The fourth-order valence-corrected chi connectivity index (χ4v) is 6.15. The molecule has 7 nitrogen and oxygen atoms in total. The molecule has 1 aliphatic carbocycles. The second kappa shape index (κ2) is 10.6. The molecule has 0 radical (unpaired) electrons. The van der Waals surface area contributed by atoms with E-state index in [1.165, 1.54) is 16.4 Å². The molecular formula is C29H26BrFN2O5S. The van der Waals surface area contributed by atoms with Gasteiger partial charge in [0, 0.05) is 28.8 Å². The summed E-state index contributed by atoms with van der Waals surface area (Å²) in [7, 11) is -3.74. The zero-order chi connectivity index (χ0) is 27.9. The number of fused-ring (bicyclic) bond motifs is 1. The minimum Gasteiger partial charge on any atom is -0.460 e. The normalized spacial score (nSPS) is 13.5. The predicted octanol–water partition coefficient (Wildman–Crippen LogP) is 5.61. The van der Waals surface area contributed by atoms with Crippen molar-refractivity contribution in [2.75, 3.05) is 10.6 Å². The molecule has 1 aromatic heterocycles. The summed E-state index contributed by atoms with van der Waals surface area (Å²) < 4.78 is 47.9. The van der Waals surface area contributed by atoms with Crippen LogP contribution in [0.5, 0.6) is 0 Å². The summed E-state index contributed by atoms with van der Waals surface area (Å²) >= 11 is 3.44. The zero-order valence-electron chi connectivity index (χ0n) is 21.1. The lowest BCUT2D eigenvalue weighted by Crippen LogP contribution is -2.30. The van der Waals surface area contributed by atoms with E-state index in [1.807, 2.05) is 18.2 Å². The zero-order valence-corrected chi connectivity index (χ0v) is 23.5. The van der Waals surface area contributed by atoms with E-state index in [2.05, 4.69) is 15.9 Å². The number of furan rings is 1. The first-order valence-electron chi connectivity index (χ1n) is 12.4. The molecule has 0 saturated heterocycles. The van der Waals surface area contributed by atoms with Gasteiger partial charge in [-0.25, -0.2) is 12.8 Å². The molecule has 3 aromatic carbocycles. The lowest BCUT2D eigenvalue weighted by Gasteiger charge is -2.25. The lowest BCUT2D eigenvalue weighted by atomic mass is 10.0. The summed E-state index contributed by atoms with van der Waals surface area (Å²) in [5.41, 5.74) is 9.84. The number of halogens is 2. The van der Waals surface area contributed by atoms with Crippen LogP contribution in [0.3, 0.4) is 0 Å². The summed E-state index contributed by atoms with van der Waals surface area (Å²) in [4.78, 5) is 23.6. The van der Waals surface area contributed by atoms with Gasteiger partial charge in [-0.15, -0.1) is 0 Å². The Hall–Kier alpha value is -3.50. The Morgan fingerprint density at radius 2 is 1.82 bits per heavy atom. The van der Waals surface area contributed by atoms with Gasteiger partial charge in [-0.3, -0.25) is 9.10 Å². The first-order chi connectivity index (χ1) is 18.5. The number of hydrogen-bond donors (Lipinski definition) is 1. The van der Waals surface area contributed by atoms with E-state index in [4.69, 9.17) is 10.2 Å². The Morgan fingerprint density at radius 1 is 1.13 bits per heavy atom. The first kappa shape index (κ1) is 27.1. The average molecular weight is 614 g/mol. The SMILES string of the molecule is CS(=O)(=O)N(Cc1ccc(Br)c(CC=O)c1)c1cc2oc(Cc3ccc(F)cc3)c(C(N)=O)c2cc1C1CC1. The van der Waals surface area contributed by atoms with Gasteiger partial charge in [0.05, 0.1) is 24.1 Å². The number of carbonyl (C=O) groups is 2. The van der Waals surface area contributed by atoms with Crippen molar-refractivity contribution in [3.8, 4) is 0 Å². The van der Waals surface area contributed by atoms with Crippen LogP contribution in [0.1, 0.15) is 57.1 Å². The van der Waals surface area contributed by atoms with Gasteiger partial charge >= 0.3 is 0 Å². The molecule has 0 spiro atoms. The van der Waals surface area contributed by atoms with E-state index in [0.717, 1.165) is 52.1 Å². The number of hydrogen-bond acceptors (Lipinski definition) is 5. The quantitative estimate of drug-likeness (QED) is 0.234. The number of sulfonamides is 1. The van der Waals surface area contributed by atoms with Gasteiger partial charge in [0.2, 0.25) is 10.0 Å². The molecule has 0 bridgehead atoms. The van der Waals surface area contributed by atoms with Crippen molar-refractivity contribution in [3.05, 3.63) is 98.5 Å². The third-order valence-corrected chi connectivity index (χ3v) is 8.76. The number of primary amides is 1. The summed E-state index contributed by atoms with van der Waals surface area (Å²) in [5, 5.41) is 0.524. The molecule has 4 aromatic rings. The van der Waals surface area contributed by atoms with Gasteiger partial charge < -0.3 is 14.9 Å². The number of benzene rings is 3. The van der Waals surface area contributed by atoms with Gasteiger partial charge in [-0.1, -0.05) is 40.2 Å². The fraction of sp³-hybridized carbons (Fsp3) is 0.241. The van der Waals surface area contributed by atoms with Gasteiger partial charge in [0.15, 0.2) is 0 Å². The Morgan fingerprint density at radius 3 is 2.44 bits per heavy atom. The van der Waals surface area contributed by atoms with Crippen molar-refractivity contribution < 1.29 is 26.8 Å². The van der Waals surface area contributed by atoms with Gasteiger partial charge in [0.25, 0.3) is 5.91 Å². The van der Waals surface area contributed by atoms with Gasteiger partial charge in [-0.05, 0) is 65.3 Å². The standard InChI is InChI=1S/C29H26BrFN2O5S/c1-39(36,37)33(16-18-4-9-24(30)20(12-18)10-11-34)25-15-26-23(14-22(25)19-5-6-19)28(29(32)35)27(38-26)13-17-2-7-21(31)8-3-17/h2-4,7-9,11-12,14-15,19H,5-6,10,13,16H2,1H3,(H2,32,35). The smallest absolute Gasteiger partial charge is 0.252 e. The van der Waals surface area contributed by atoms with Crippen molar-refractivity contribution >= 4 is 54.8 Å². The van der Waals surface area contributed by atoms with E-state index in [1.54, 1.807) is 24.3 Å². The molecule has 1 fully saturated rings. The van der Waals surface area contributed by atoms with Crippen molar-refractivity contribution in [2.45, 2.75) is 38.1 Å². The summed E-state index contributed by atoms with van der Waals surface area (Å²) in [6, 6.07) is 14.8. The second-order valence-electron chi connectivity index (χ2n) is 9.82. The highest BCUT2D eigenvalue weighted by Crippen LogP contribution is 2.47. The van der Waals surface area contributed by atoms with Gasteiger partial charge in [-0.2, -0.15) is 0 Å². The van der Waals surface area contributed by atoms with Crippen molar-refractivity contribution in [1.82, 2.24) is 0 Å². The minimum absolute atomic E-state index is 0.0506. The molecule has 202 valence electrons. The van der Waals surface area contributed by atoms with Crippen LogP contribution in [-0.4, -0.2) is 26.9 Å². The molecule has 10 heteroatoms. The molecule has 39 heavy (non-hydrogen) atoms. The molecule has 1 saturated carbocycles. The number of aldehydes is 1. The minimum atomic E-state index is -3.74. The molecular weight excluding hydrogens is 587 g/mol. The molecule has 1 amide bonds. The number of rotatable bonds is 10. The van der Waals surface area contributed by atoms with E-state index in [0.29, 0.717) is 22.4 Å². The van der Waals surface area contributed by atoms with Crippen LogP contribution >= 0.6 is 15.9 Å². The molecule has 1 aliphatic rings. The molecule has 5 rings (SSSR count). The fourth-order valence-electron chi connectivity index (χ4n) is 4.84. The third-order valence-electron chi connectivity index (χ3n) is 6.86. The third kappa shape index (κ3) is 5.77. The molecule has 2 N–H and O–H groups in total. The predicted molar refractivity (Wildman–Crippen MR) is 151 cm³/mol. The summed E-state index contributed by atoms with van der Waals surface area (Å²) in [5.74, 6) is -0.555. The maximum atomic E-state index is 13.4. The topological polar surface area (TPSA) is 111 Å². The maximum absolute atomic E-state index is 13.4. The number of amides is 1. The Kier molecular flexibility index (Phi) is 7.35. The van der Waals surface area contributed by atoms with Crippen molar-refractivity contribution in [1.29, 1.82) is 0 Å². The first-order valence-corrected chi connectivity index (χ1v) is 15.0. The molecule has 1 heterocycles. The van der Waals surface area contributed by atoms with E-state index >= 15 is 0 Å². The van der Waals surface area contributed by atoms with Crippen LogP contribution < -0.4 is 10.0 Å². The van der Waals surface area contributed by atoms with Crippen LogP contribution in [0.15, 0.2) is 63.5 Å². The van der Waals surface area contributed by atoms with Crippen molar-refractivity contribution in [3.63, 3.8) is 0 Å². The number of nitrogens with two attached hydrogens (primary N) is 1. The monoisotopic (exact) mass is 612 g/mol. The lowest BCUT2D eigenvalue weighted by molar-refractivity contribution is -0.107. The van der Waals surface area contributed by atoms with E-state index in [9.17, 15) is 22.4 Å². The van der Waals surface area contributed by atoms with Crippen molar-refractivity contribution in [2.24, 2.45) is 5.73 Å². The van der Waals surface area contributed by atoms with Crippen LogP contribution in [0, 0.1) is 5.82 Å². The van der Waals surface area contributed by atoms with E-state index < -0.39 is 15.9 Å². The highest BCUT2D eigenvalue weighted by atomic mass is 79.9. The van der Waals surface area contributed by atoms with Crippen LogP contribution in [0.25, 0.3) is 11.0 Å². The number of carbonyl (C=O) groups excluding carboxylic acids is 2. The second-order valence-corrected chi connectivity index (χ2v) is 12.6. The largest absolute Gasteiger partial charge is 0.460 e. The van der Waals surface area contributed by atoms with Crippen LogP contribution in [0.2, 0.25) is 0 Å². The van der Waals surface area contributed by atoms with Crippen LogP contribution in [-0.2, 0) is 34.2 Å². The molecule has 0 aliphatic heterocycles. The summed E-state index contributed by atoms with van der Waals surface area (Å²) in [6.45, 7) is 0.0506. The van der Waals surface area contributed by atoms with Gasteiger partial charge in [0.1, 0.15) is 23.4 Å². The highest BCUT2D eigenvalue weighted by molar-refractivity contribution is 9.10. The Bertz CT molecular complexity index is 1700. The van der Waals surface area contributed by atoms with E-state index in [-0.39, 0.29) is 36.7 Å². The highest BCUT2D eigenvalue weighted by Gasteiger charge is 2.33. The molecule has 0 atom stereocenters. The maximum Gasteiger partial charge on any atom is 0.252 e. The Balaban J connectivity index is 1.63. The van der Waals surface area contributed by atoms with Crippen LogP contribution in [0.4, 0.5) is 10.1 Å². The Labute approximate surface area is 234 Å². The summed E-state index contributed by atoms with van der Waals surface area (Å²) in [6.07, 6.45) is 4.15. The number of nitrogens with zero attached hydrogens (tertiary/aromatic N) is 1. The molecule has 0 unspecified atom stereocenters. The number of anilines is 1.